The number of hydrogen-bond acceptors (Lipinski definition) is 0. The van der Waals surface area contributed by atoms with Crippen molar-refractivity contribution in [2.75, 3.05) is 0 Å². The second kappa shape index (κ2) is 31.9. The molecule has 88 heavy (non-hydrogen) atoms. The fraction of sp³-hybridized carbons (Fsp3) is 0.444. The first-order valence-electron chi connectivity index (χ1n) is 33.6. The Hall–Kier alpha value is -2.85. The summed E-state index contributed by atoms with van der Waals surface area (Å²) in [5.74, 6) is 0. The molecule has 0 atom stereocenters. The average Bonchev–Trinajstić information content (AvgIpc) is 2.32. The topological polar surface area (TPSA) is 0 Å². The third-order valence-corrected chi connectivity index (χ3v) is 27.1. The summed E-state index contributed by atoms with van der Waals surface area (Å²) in [6.07, 6.45) is 29.0. The molecule has 0 amide bonds. The van der Waals surface area contributed by atoms with E-state index in [4.69, 9.17) is 0 Å². The van der Waals surface area contributed by atoms with Crippen molar-refractivity contribution in [1.29, 1.82) is 0 Å². The Morgan fingerprint density at radius 2 is 0.614 bits per heavy atom. The molecular formula is C81H105Cl2Si3Zr2+3. The third kappa shape index (κ3) is 17.9. The zero-order valence-electron chi connectivity index (χ0n) is 56.2. The molecule has 0 heterocycles. The summed E-state index contributed by atoms with van der Waals surface area (Å²) >= 11 is 0. The van der Waals surface area contributed by atoms with Gasteiger partial charge in [-0.05, 0) is 104 Å². The summed E-state index contributed by atoms with van der Waals surface area (Å²) in [6.45, 7) is 28.9. The number of halogens is 2. The Bertz CT molecular complexity index is 3400. The van der Waals surface area contributed by atoms with Gasteiger partial charge in [0.05, 0.1) is 24.2 Å². The van der Waals surface area contributed by atoms with Crippen molar-refractivity contribution < 1.29 is 77.2 Å². The second-order valence-corrected chi connectivity index (χ2v) is 45.6. The normalized spacial score (nSPS) is 16.1. The molecule has 0 N–H and O–H groups in total. The first kappa shape index (κ1) is 74.2. The van der Waals surface area contributed by atoms with Crippen molar-refractivity contribution in [2.45, 2.75) is 215 Å². The molecule has 0 nitrogen and oxygen atoms in total. The molecule has 460 valence electrons. The van der Waals surface area contributed by atoms with Crippen LogP contribution in [0.1, 0.15) is 153 Å². The fourth-order valence-electron chi connectivity index (χ4n) is 15.7. The third-order valence-electron chi connectivity index (χ3n) is 20.9. The molecule has 3 fully saturated rings. The quantitative estimate of drug-likeness (QED) is 0.0630. The van der Waals surface area contributed by atoms with E-state index in [1.54, 1.807) is 11.1 Å². The Morgan fingerprint density at radius 3 is 0.852 bits per heavy atom. The molecule has 12 rings (SSSR count). The molecule has 0 radical (unpaired) electrons. The smallest absolute Gasteiger partial charge is 1.00 e. The Morgan fingerprint density at radius 1 is 0.341 bits per heavy atom. The second-order valence-electron chi connectivity index (χ2n) is 30.4. The van der Waals surface area contributed by atoms with Crippen LogP contribution in [0.25, 0.3) is 65.7 Å². The summed E-state index contributed by atoms with van der Waals surface area (Å²) in [5.41, 5.74) is 14.6. The van der Waals surface area contributed by atoms with Crippen LogP contribution in [0.5, 0.6) is 0 Å². The number of rotatable bonds is 17. The van der Waals surface area contributed by atoms with E-state index in [1.165, 1.54) is 222 Å². The zero-order valence-corrected chi connectivity index (χ0v) is 65.6. The molecule has 3 saturated carbocycles. The van der Waals surface area contributed by atoms with Gasteiger partial charge in [-0.3, -0.25) is 0 Å². The van der Waals surface area contributed by atoms with Gasteiger partial charge in [0.15, 0.2) is 0 Å². The van der Waals surface area contributed by atoms with Crippen molar-refractivity contribution in [2.24, 2.45) is 16.2 Å². The Balaban J connectivity index is 0.000000206. The molecule has 0 spiro atoms. The summed E-state index contributed by atoms with van der Waals surface area (Å²) < 4.78 is 0. The Kier molecular flexibility index (Phi) is 26.9. The van der Waals surface area contributed by atoms with Crippen LogP contribution in [0, 0.1) is 16.2 Å². The molecule has 0 bridgehead atoms. The van der Waals surface area contributed by atoms with Gasteiger partial charge in [0, 0.05) is 0 Å². The molecule has 9 aromatic rings. The van der Waals surface area contributed by atoms with Crippen LogP contribution in [0.4, 0.5) is 0 Å². The van der Waals surface area contributed by atoms with E-state index in [2.05, 4.69) is 243 Å². The maximum atomic E-state index is 2.50. The monoisotopic (exact) mass is 1410 g/mol. The number of benzene rings is 6. The molecule has 0 unspecified atom stereocenters. The first-order valence-corrected chi connectivity index (χ1v) is 44.1. The summed E-state index contributed by atoms with van der Waals surface area (Å²) in [5, 5.41) is 13.1. The predicted octanol–water partition coefficient (Wildman–Crippen LogP) is 17.0. The van der Waals surface area contributed by atoms with E-state index in [-0.39, 0.29) is 77.2 Å². The van der Waals surface area contributed by atoms with Crippen LogP contribution in [0.2, 0.25) is 58.9 Å². The zero-order chi connectivity index (χ0) is 59.3. The molecule has 0 aromatic heterocycles. The van der Waals surface area contributed by atoms with Gasteiger partial charge in [0.25, 0.3) is 0 Å². The molecule has 3 aliphatic carbocycles. The summed E-state index contributed by atoms with van der Waals surface area (Å²) in [7, 11) is -3.73. The fourth-order valence-corrected chi connectivity index (χ4v) is 19.2. The molecule has 0 aliphatic heterocycles. The van der Waals surface area contributed by atoms with Crippen LogP contribution in [-0.2, 0) is 71.7 Å². The minimum atomic E-state index is -1.25. The maximum absolute atomic E-state index is 2.50. The molecule has 9 aromatic carbocycles. The van der Waals surface area contributed by atoms with Gasteiger partial charge in [-0.15, -0.1) is 104 Å². The minimum absolute atomic E-state index is 0. The molecule has 3 aliphatic rings. The van der Waals surface area contributed by atoms with Gasteiger partial charge in [0.1, 0.15) is 0 Å². The van der Waals surface area contributed by atoms with Gasteiger partial charge >= 0.3 is 52.4 Å². The summed E-state index contributed by atoms with van der Waals surface area (Å²) in [4.78, 5) is 0. The van der Waals surface area contributed by atoms with Gasteiger partial charge in [-0.2, -0.15) is 18.2 Å². The van der Waals surface area contributed by atoms with Crippen molar-refractivity contribution in [3.63, 3.8) is 0 Å². The van der Waals surface area contributed by atoms with Crippen molar-refractivity contribution >= 4 is 72.1 Å². The Labute approximate surface area is 588 Å². The molecule has 0 saturated heterocycles. The summed E-state index contributed by atoms with van der Waals surface area (Å²) in [6, 6.07) is 63.5. The number of fused-ring (bicyclic) bond motifs is 3. The van der Waals surface area contributed by atoms with Crippen LogP contribution in [-0.4, -0.2) is 24.2 Å². The predicted molar refractivity (Wildman–Crippen MR) is 382 cm³/mol. The van der Waals surface area contributed by atoms with Gasteiger partial charge in [-0.1, -0.05) is 267 Å². The van der Waals surface area contributed by atoms with Gasteiger partial charge < -0.3 is 24.8 Å². The van der Waals surface area contributed by atoms with Crippen LogP contribution >= 0.6 is 0 Å². The average molecular weight is 1420 g/mol. The maximum Gasteiger partial charge on any atom is 4.00 e. The standard InChI is InChI=1S/2C28H37Si.C25H31Si.2ClH.2Zr/c2*1-5-16-28(17-7-6-8-18-28)21-22-19-24-10-9-11-26(27(24)20-22)23-12-14-25(15-13-23)29(2,3)4;1-5-25(14-7-15-25)18-19-16-21-8-6-9-23(24(21)17-19)20-10-12-22(13-11-20)26(2,3)4;;;;/h2*9-15,19-20H,5-8,16-18,21H2,1-4H3;6,8-13,16-17H,5,7,14-15,18H2,1-4H3;2*1H;;/q3*-1;;;2*+4/p-2. The number of hydrogen-bond donors (Lipinski definition) is 0. The van der Waals surface area contributed by atoms with Gasteiger partial charge in [0.2, 0.25) is 0 Å². The first-order chi connectivity index (χ1) is 40.2. The van der Waals surface area contributed by atoms with E-state index < -0.39 is 24.2 Å². The molecule has 7 heteroatoms. The van der Waals surface area contributed by atoms with Crippen LogP contribution < -0.4 is 40.4 Å². The van der Waals surface area contributed by atoms with Crippen molar-refractivity contribution in [3.8, 4) is 33.4 Å². The van der Waals surface area contributed by atoms with Crippen LogP contribution in [0.15, 0.2) is 164 Å². The van der Waals surface area contributed by atoms with E-state index in [9.17, 15) is 0 Å². The van der Waals surface area contributed by atoms with E-state index >= 15 is 0 Å². The molecular weight excluding hydrogens is 1310 g/mol. The van der Waals surface area contributed by atoms with E-state index in [0.29, 0.717) is 16.2 Å². The largest absolute Gasteiger partial charge is 4.00 e. The SMILES string of the molecule is CCC1(Cc2cc3c(-c4ccc([Si](C)(C)C)cc4)cccc3[cH-]2)CCC1.CCCC1(Cc2cc3c(-c4ccc([Si](C)(C)C)cc4)cccc3[cH-]2)CCCCC1.CCCC1(Cc2cc3c(-c4ccc([Si](C)(C)C)cc4)cccc3[cH-]2)CCCCC1.[Cl-].[Cl-].[Zr+4].[Zr+4]. The van der Waals surface area contributed by atoms with Crippen molar-refractivity contribution in [3.05, 3.63) is 180 Å². The van der Waals surface area contributed by atoms with E-state index in [0.717, 1.165) is 0 Å². The van der Waals surface area contributed by atoms with Gasteiger partial charge in [-0.25, -0.2) is 0 Å². The van der Waals surface area contributed by atoms with Crippen LogP contribution in [0.3, 0.4) is 0 Å². The van der Waals surface area contributed by atoms with Crippen molar-refractivity contribution in [1.82, 2.24) is 0 Å². The van der Waals surface area contributed by atoms with E-state index in [1.807, 2.05) is 0 Å². The minimum Gasteiger partial charge on any atom is -1.00 e.